The summed E-state index contributed by atoms with van der Waals surface area (Å²) < 4.78 is 42.8. The van der Waals surface area contributed by atoms with Crippen molar-refractivity contribution in [3.05, 3.63) is 76.4 Å². The van der Waals surface area contributed by atoms with Crippen molar-refractivity contribution in [2.24, 2.45) is 7.05 Å². The Kier molecular flexibility index (Phi) is 5.36. The fourth-order valence-corrected chi connectivity index (χ4v) is 3.96. The Labute approximate surface area is 182 Å². The van der Waals surface area contributed by atoms with E-state index in [1.54, 1.807) is 18.5 Å². The summed E-state index contributed by atoms with van der Waals surface area (Å²) in [4.78, 5) is 26.1. The van der Waals surface area contributed by atoms with Crippen molar-refractivity contribution < 1.29 is 22.8 Å². The first kappa shape index (κ1) is 21.7. The molecule has 6 nitrogen and oxygen atoms in total. The summed E-state index contributed by atoms with van der Waals surface area (Å²) in [5.41, 5.74) is 0.175. The minimum absolute atomic E-state index is 0.0491. The highest BCUT2D eigenvalue weighted by Crippen LogP contribution is 2.40. The number of amides is 1. The molecule has 0 radical (unpaired) electrons. The van der Waals surface area contributed by atoms with E-state index in [1.165, 1.54) is 17.9 Å². The van der Waals surface area contributed by atoms with Crippen LogP contribution in [0.25, 0.3) is 0 Å². The van der Waals surface area contributed by atoms with Crippen LogP contribution >= 0.6 is 0 Å². The first-order valence-electron chi connectivity index (χ1n) is 10.1. The van der Waals surface area contributed by atoms with E-state index >= 15 is 0 Å². The van der Waals surface area contributed by atoms with Gasteiger partial charge in [0.25, 0.3) is 5.91 Å². The summed E-state index contributed by atoms with van der Waals surface area (Å²) in [6.45, 7) is 2.98. The van der Waals surface area contributed by atoms with E-state index in [2.05, 4.69) is 10.2 Å². The van der Waals surface area contributed by atoms with Gasteiger partial charge in [-0.1, -0.05) is 19.1 Å². The van der Waals surface area contributed by atoms with Crippen LogP contribution in [0.3, 0.4) is 0 Å². The molecule has 9 heteroatoms. The second kappa shape index (κ2) is 7.89. The van der Waals surface area contributed by atoms with E-state index in [9.17, 15) is 22.8 Å². The number of carbonyl (C=O) groups excluding carboxylic acids is 2. The number of halogens is 3. The predicted octanol–water partition coefficient (Wildman–Crippen LogP) is 4.54. The molecule has 1 atom stereocenters. The molecule has 0 fully saturated rings. The third-order valence-corrected chi connectivity index (χ3v) is 5.80. The molecule has 0 saturated carbocycles. The molecular formula is C23H21F3N4O2. The van der Waals surface area contributed by atoms with Gasteiger partial charge in [0.15, 0.2) is 5.78 Å². The zero-order chi connectivity index (χ0) is 23.2. The van der Waals surface area contributed by atoms with Crippen molar-refractivity contribution in [2.75, 3.05) is 4.90 Å². The molecule has 1 amide bonds. The van der Waals surface area contributed by atoms with Crippen LogP contribution in [-0.4, -0.2) is 26.5 Å². The molecule has 1 aliphatic heterocycles. The molecule has 0 aliphatic carbocycles. The summed E-state index contributed by atoms with van der Waals surface area (Å²) in [5.74, 6) is -0.219. The van der Waals surface area contributed by atoms with E-state index in [1.807, 2.05) is 30.7 Å². The lowest BCUT2D eigenvalue weighted by molar-refractivity contribution is -0.138. The van der Waals surface area contributed by atoms with Crippen LogP contribution in [0.15, 0.2) is 42.7 Å². The normalized spacial score (nSPS) is 14.6. The first-order valence-corrected chi connectivity index (χ1v) is 10.1. The topological polar surface area (TPSA) is 68.1 Å². The zero-order valence-electron chi connectivity index (χ0n) is 17.8. The second-order valence-corrected chi connectivity index (χ2v) is 8.05. The van der Waals surface area contributed by atoms with Crippen LogP contribution in [0.1, 0.15) is 63.0 Å². The number of anilines is 1. The molecule has 4 rings (SSSR count). The van der Waals surface area contributed by atoms with Crippen molar-refractivity contribution >= 4 is 17.4 Å². The molecule has 0 spiro atoms. The average molecular weight is 442 g/mol. The highest BCUT2D eigenvalue weighted by atomic mass is 19.4. The Morgan fingerprint density at radius 3 is 2.59 bits per heavy atom. The standard InChI is InChI=1S/C23H21F3N4O2/c1-13(7-21-28-27-12-29(21)3)15-5-4-6-17(8-15)30-11-19-18(22(30)32)9-16(14(2)31)10-20(19)23(24,25)26/h4-6,8-10,12-13H,7,11H2,1-3H3. The lowest BCUT2D eigenvalue weighted by Gasteiger charge is -2.19. The van der Waals surface area contributed by atoms with Crippen LogP contribution in [0.2, 0.25) is 0 Å². The van der Waals surface area contributed by atoms with Crippen LogP contribution in [-0.2, 0) is 26.2 Å². The molecule has 1 unspecified atom stereocenters. The highest BCUT2D eigenvalue weighted by molar-refractivity contribution is 6.11. The highest BCUT2D eigenvalue weighted by Gasteiger charge is 2.40. The molecular weight excluding hydrogens is 421 g/mol. The average Bonchev–Trinajstić information content (AvgIpc) is 3.29. The third-order valence-electron chi connectivity index (χ3n) is 5.80. The van der Waals surface area contributed by atoms with Crippen molar-refractivity contribution in [1.82, 2.24) is 14.8 Å². The number of aromatic nitrogens is 3. The van der Waals surface area contributed by atoms with Crippen LogP contribution < -0.4 is 4.90 Å². The smallest absolute Gasteiger partial charge is 0.321 e. The minimum Gasteiger partial charge on any atom is -0.321 e. The van der Waals surface area contributed by atoms with Crippen molar-refractivity contribution in [1.29, 1.82) is 0 Å². The minimum atomic E-state index is -4.67. The number of benzene rings is 2. The van der Waals surface area contributed by atoms with Crippen LogP contribution in [0.5, 0.6) is 0 Å². The number of Topliss-reactive ketones (excluding diaryl/α,β-unsaturated/α-hetero) is 1. The molecule has 0 saturated heterocycles. The van der Waals surface area contributed by atoms with Crippen LogP contribution in [0.4, 0.5) is 18.9 Å². The summed E-state index contributed by atoms with van der Waals surface area (Å²) in [7, 11) is 1.85. The number of aryl methyl sites for hydroxylation is 1. The quantitative estimate of drug-likeness (QED) is 0.544. The molecule has 2 aromatic carbocycles. The van der Waals surface area contributed by atoms with Gasteiger partial charge in [-0.05, 0) is 48.2 Å². The number of ketones is 1. The maximum absolute atomic E-state index is 13.7. The number of carbonyl (C=O) groups is 2. The van der Waals surface area contributed by atoms with E-state index in [4.69, 9.17) is 0 Å². The Morgan fingerprint density at radius 1 is 1.22 bits per heavy atom. The molecule has 2 heterocycles. The number of nitrogens with zero attached hydrogens (tertiary/aromatic N) is 4. The zero-order valence-corrected chi connectivity index (χ0v) is 17.8. The number of fused-ring (bicyclic) bond motifs is 1. The van der Waals surface area contributed by atoms with E-state index in [0.717, 1.165) is 17.5 Å². The van der Waals surface area contributed by atoms with Gasteiger partial charge in [0.2, 0.25) is 0 Å². The SMILES string of the molecule is CC(=O)c1cc2c(c(C(F)(F)F)c1)CN(c1cccc(C(C)Cc3nncn3C)c1)C2=O. The maximum atomic E-state index is 13.7. The molecule has 166 valence electrons. The van der Waals surface area contributed by atoms with E-state index in [0.29, 0.717) is 12.1 Å². The van der Waals surface area contributed by atoms with Gasteiger partial charge >= 0.3 is 6.18 Å². The van der Waals surface area contributed by atoms with Gasteiger partial charge in [-0.3, -0.25) is 9.59 Å². The monoisotopic (exact) mass is 442 g/mol. The predicted molar refractivity (Wildman–Crippen MR) is 112 cm³/mol. The van der Waals surface area contributed by atoms with Crippen molar-refractivity contribution in [3.63, 3.8) is 0 Å². The van der Waals surface area contributed by atoms with Crippen molar-refractivity contribution in [3.8, 4) is 0 Å². The van der Waals surface area contributed by atoms with Gasteiger partial charge in [-0.25, -0.2) is 0 Å². The summed E-state index contributed by atoms with van der Waals surface area (Å²) in [5, 5.41) is 7.96. The fourth-order valence-electron chi connectivity index (χ4n) is 3.96. The molecule has 0 bridgehead atoms. The Bertz CT molecular complexity index is 1220. The summed E-state index contributed by atoms with van der Waals surface area (Å²) in [6.07, 6.45) is -2.43. The van der Waals surface area contributed by atoms with Gasteiger partial charge in [0.1, 0.15) is 12.2 Å². The fraction of sp³-hybridized carbons (Fsp3) is 0.304. The van der Waals surface area contributed by atoms with Gasteiger partial charge in [-0.15, -0.1) is 10.2 Å². The van der Waals surface area contributed by atoms with E-state index in [-0.39, 0.29) is 29.2 Å². The Balaban J connectivity index is 1.68. The second-order valence-electron chi connectivity index (χ2n) is 8.05. The van der Waals surface area contributed by atoms with Crippen LogP contribution in [0, 0.1) is 0 Å². The lowest BCUT2D eigenvalue weighted by atomic mass is 9.97. The molecule has 32 heavy (non-hydrogen) atoms. The lowest BCUT2D eigenvalue weighted by Crippen LogP contribution is -2.23. The number of hydrogen-bond acceptors (Lipinski definition) is 4. The van der Waals surface area contributed by atoms with Gasteiger partial charge in [0.05, 0.1) is 12.1 Å². The van der Waals surface area contributed by atoms with E-state index < -0.39 is 23.4 Å². The third kappa shape index (κ3) is 3.90. The molecule has 1 aliphatic rings. The molecule has 3 aromatic rings. The number of hydrogen-bond donors (Lipinski definition) is 0. The number of rotatable bonds is 5. The molecule has 0 N–H and O–H groups in total. The largest absolute Gasteiger partial charge is 0.416 e. The summed E-state index contributed by atoms with van der Waals surface area (Å²) >= 11 is 0. The van der Waals surface area contributed by atoms with Crippen molar-refractivity contribution in [2.45, 2.75) is 38.9 Å². The van der Waals surface area contributed by atoms with Gasteiger partial charge in [-0.2, -0.15) is 13.2 Å². The number of alkyl halides is 3. The summed E-state index contributed by atoms with van der Waals surface area (Å²) in [6, 6.07) is 9.28. The Morgan fingerprint density at radius 2 is 1.97 bits per heavy atom. The van der Waals surface area contributed by atoms with Gasteiger partial charge in [0, 0.05) is 30.3 Å². The van der Waals surface area contributed by atoms with Gasteiger partial charge < -0.3 is 9.47 Å². The Hall–Kier alpha value is -3.49. The first-order chi connectivity index (χ1) is 15.1. The maximum Gasteiger partial charge on any atom is 0.416 e. The molecule has 1 aromatic heterocycles.